The Bertz CT molecular complexity index is 1330. The molecule has 0 fully saturated rings. The van der Waals surface area contributed by atoms with E-state index in [-0.39, 0.29) is 11.9 Å². The van der Waals surface area contributed by atoms with Crippen LogP contribution in [0.5, 0.6) is 0 Å². The molecule has 0 bridgehead atoms. The molecule has 0 unspecified atom stereocenters. The molecule has 4 aromatic rings. The first-order valence-corrected chi connectivity index (χ1v) is 14.2. The van der Waals surface area contributed by atoms with Gasteiger partial charge < -0.3 is 10.1 Å². The number of para-hydroxylation sites is 1. The van der Waals surface area contributed by atoms with E-state index in [9.17, 15) is 9.59 Å². The summed E-state index contributed by atoms with van der Waals surface area (Å²) in [7, 11) is 0. The molecule has 5 rings (SSSR count). The summed E-state index contributed by atoms with van der Waals surface area (Å²) in [4.78, 5) is 32.6. The van der Waals surface area contributed by atoms with Crippen molar-refractivity contribution >= 4 is 61.5 Å². The Morgan fingerprint density at radius 3 is 2.69 bits per heavy atom. The van der Waals surface area contributed by atoms with Gasteiger partial charge in [-0.25, -0.2) is 9.78 Å². The van der Waals surface area contributed by atoms with Gasteiger partial charge >= 0.3 is 5.97 Å². The van der Waals surface area contributed by atoms with Crippen LogP contribution in [-0.2, 0) is 22.4 Å². The van der Waals surface area contributed by atoms with E-state index in [1.54, 1.807) is 18.3 Å². The van der Waals surface area contributed by atoms with E-state index in [0.717, 1.165) is 44.9 Å². The first-order valence-electron chi connectivity index (χ1n) is 11.7. The molecule has 0 saturated carbocycles. The van der Waals surface area contributed by atoms with E-state index in [2.05, 4.69) is 12.2 Å². The molecular weight excluding hydrogens is 497 g/mol. The Hall–Kier alpha value is -2.68. The quantitative estimate of drug-likeness (QED) is 0.207. The van der Waals surface area contributed by atoms with Crippen LogP contribution in [0, 0.1) is 5.92 Å². The number of thiazole rings is 1. The number of esters is 1. The molecule has 1 aliphatic rings. The highest BCUT2D eigenvalue weighted by molar-refractivity contribution is 8.02. The topological polar surface area (TPSA) is 68.3 Å². The third kappa shape index (κ3) is 5.15. The summed E-state index contributed by atoms with van der Waals surface area (Å²) < 4.78 is 7.30. The van der Waals surface area contributed by atoms with Gasteiger partial charge in [0.25, 0.3) is 0 Å². The maximum absolute atomic E-state index is 13.7. The predicted molar refractivity (Wildman–Crippen MR) is 145 cm³/mol. The summed E-state index contributed by atoms with van der Waals surface area (Å²) >= 11 is 4.54. The number of rotatable bonds is 7. The number of hydrogen-bond donors (Lipinski definition) is 1. The minimum atomic E-state index is -0.509. The number of anilines is 1. The fraction of sp³-hybridized carbons (Fsp3) is 0.296. The van der Waals surface area contributed by atoms with Crippen molar-refractivity contribution in [1.82, 2.24) is 4.98 Å². The van der Waals surface area contributed by atoms with Crippen molar-refractivity contribution in [3.05, 3.63) is 76.2 Å². The first kappa shape index (κ1) is 24.0. The molecule has 0 spiro atoms. The van der Waals surface area contributed by atoms with Crippen molar-refractivity contribution < 1.29 is 14.3 Å². The maximum atomic E-state index is 13.7. The molecule has 180 valence electrons. The molecule has 0 radical (unpaired) electrons. The van der Waals surface area contributed by atoms with E-state index < -0.39 is 5.25 Å². The zero-order valence-electron chi connectivity index (χ0n) is 19.6. The minimum Gasteiger partial charge on any atom is -0.462 e. The number of aromatic nitrogens is 1. The highest BCUT2D eigenvalue weighted by atomic mass is 32.2. The molecule has 1 aliphatic carbocycles. The number of carbonyl (C=O) groups is 2. The average molecular weight is 523 g/mol. The van der Waals surface area contributed by atoms with Crippen molar-refractivity contribution in [2.24, 2.45) is 5.92 Å². The standard InChI is InChI=1S/C27H26N2O3S3/c1-3-32-26(31)22-18-14-13-16(2)15-21(18)33-25(22)29-24(30)23(17-9-5-4-6-10-17)35-27-28-19-11-7-8-12-20(19)34-27/h4-12,16,23H,3,13-15H2,1-2H3,(H,29,30)/t16-,23+/m1/s1. The number of nitrogens with one attached hydrogen (secondary N) is 1. The summed E-state index contributed by atoms with van der Waals surface area (Å²) in [6.07, 6.45) is 2.79. The molecule has 1 N–H and O–H groups in total. The van der Waals surface area contributed by atoms with Gasteiger partial charge in [-0.15, -0.1) is 22.7 Å². The van der Waals surface area contributed by atoms with Crippen molar-refractivity contribution in [1.29, 1.82) is 0 Å². The van der Waals surface area contributed by atoms with E-state index in [4.69, 9.17) is 9.72 Å². The Morgan fingerprint density at radius 2 is 1.91 bits per heavy atom. The maximum Gasteiger partial charge on any atom is 0.341 e. The highest BCUT2D eigenvalue weighted by Crippen LogP contribution is 2.43. The summed E-state index contributed by atoms with van der Waals surface area (Å²) in [6, 6.07) is 17.7. The first-order chi connectivity index (χ1) is 17.0. The lowest BCUT2D eigenvalue weighted by Crippen LogP contribution is -2.20. The number of hydrogen-bond acceptors (Lipinski definition) is 7. The van der Waals surface area contributed by atoms with Gasteiger partial charge in [0.2, 0.25) is 5.91 Å². The van der Waals surface area contributed by atoms with Gasteiger partial charge in [-0.05, 0) is 55.4 Å². The fourth-order valence-electron chi connectivity index (χ4n) is 4.34. The van der Waals surface area contributed by atoms with Crippen LogP contribution in [0.3, 0.4) is 0 Å². The zero-order chi connectivity index (χ0) is 24.4. The van der Waals surface area contributed by atoms with Crippen LogP contribution in [0.15, 0.2) is 58.9 Å². The van der Waals surface area contributed by atoms with E-state index in [1.807, 2.05) is 54.6 Å². The molecule has 2 heterocycles. The molecule has 0 aliphatic heterocycles. The second-order valence-electron chi connectivity index (χ2n) is 8.62. The lowest BCUT2D eigenvalue weighted by molar-refractivity contribution is -0.115. The SMILES string of the molecule is CCOC(=O)c1c(NC(=O)[C@@H](Sc2nc3ccccc3s2)c2ccccc2)sc2c1CC[C@@H](C)C2. The van der Waals surface area contributed by atoms with Crippen LogP contribution in [0.25, 0.3) is 10.2 Å². The number of amides is 1. The van der Waals surface area contributed by atoms with Gasteiger partial charge in [0.1, 0.15) is 10.3 Å². The molecule has 35 heavy (non-hydrogen) atoms. The second kappa shape index (κ2) is 10.5. The number of ether oxygens (including phenoxy) is 1. The van der Waals surface area contributed by atoms with Crippen molar-refractivity contribution in [3.8, 4) is 0 Å². The van der Waals surface area contributed by atoms with Crippen LogP contribution < -0.4 is 5.32 Å². The number of carbonyl (C=O) groups excluding carboxylic acids is 2. The summed E-state index contributed by atoms with van der Waals surface area (Å²) in [5.41, 5.74) is 3.39. The summed E-state index contributed by atoms with van der Waals surface area (Å²) in [5.74, 6) is 0.0361. The fourth-order valence-corrected chi connectivity index (χ4v) is 8.00. The number of thiophene rings is 1. The number of nitrogens with zero attached hydrogens (tertiary/aromatic N) is 1. The Kier molecular flexibility index (Phi) is 7.22. The van der Waals surface area contributed by atoms with Crippen LogP contribution in [0.4, 0.5) is 5.00 Å². The zero-order valence-corrected chi connectivity index (χ0v) is 22.0. The number of benzene rings is 2. The van der Waals surface area contributed by atoms with Crippen LogP contribution >= 0.6 is 34.4 Å². The molecule has 0 saturated heterocycles. The molecule has 1 amide bonds. The van der Waals surface area contributed by atoms with E-state index in [1.165, 1.54) is 28.0 Å². The van der Waals surface area contributed by atoms with E-state index in [0.29, 0.717) is 23.1 Å². The summed E-state index contributed by atoms with van der Waals surface area (Å²) in [5, 5.41) is 3.20. The number of fused-ring (bicyclic) bond motifs is 2. The van der Waals surface area contributed by atoms with Gasteiger partial charge in [-0.1, -0.05) is 61.2 Å². The molecule has 5 nitrogen and oxygen atoms in total. The van der Waals surface area contributed by atoms with Crippen molar-refractivity contribution in [2.45, 2.75) is 42.7 Å². The summed E-state index contributed by atoms with van der Waals surface area (Å²) in [6.45, 7) is 4.33. The highest BCUT2D eigenvalue weighted by Gasteiger charge is 2.31. The third-order valence-corrected chi connectivity index (χ3v) is 9.62. The van der Waals surface area contributed by atoms with Gasteiger partial charge in [0, 0.05) is 4.88 Å². The number of thioether (sulfide) groups is 1. The Morgan fingerprint density at radius 1 is 1.14 bits per heavy atom. The largest absolute Gasteiger partial charge is 0.462 e. The normalized spacial score (nSPS) is 16.0. The minimum absolute atomic E-state index is 0.169. The van der Waals surface area contributed by atoms with Crippen LogP contribution in [0.2, 0.25) is 0 Å². The smallest absolute Gasteiger partial charge is 0.341 e. The van der Waals surface area contributed by atoms with Crippen LogP contribution in [0.1, 0.15) is 51.9 Å². The van der Waals surface area contributed by atoms with Crippen molar-refractivity contribution in [3.63, 3.8) is 0 Å². The Labute approximate surface area is 216 Å². The average Bonchev–Trinajstić information content (AvgIpc) is 3.43. The third-order valence-electron chi connectivity index (χ3n) is 6.06. The monoisotopic (exact) mass is 522 g/mol. The molecule has 2 atom stereocenters. The predicted octanol–water partition coefficient (Wildman–Crippen LogP) is 7.13. The van der Waals surface area contributed by atoms with Crippen LogP contribution in [-0.4, -0.2) is 23.5 Å². The van der Waals surface area contributed by atoms with Gasteiger partial charge in [-0.2, -0.15) is 0 Å². The molecule has 2 aromatic carbocycles. The van der Waals surface area contributed by atoms with Gasteiger partial charge in [0.05, 0.1) is 22.4 Å². The van der Waals surface area contributed by atoms with Crippen molar-refractivity contribution in [2.75, 3.05) is 11.9 Å². The van der Waals surface area contributed by atoms with Gasteiger partial charge in [0.15, 0.2) is 4.34 Å². The second-order valence-corrected chi connectivity index (χ2v) is 12.1. The molecule has 8 heteroatoms. The Balaban J connectivity index is 1.48. The lowest BCUT2D eigenvalue weighted by Gasteiger charge is -2.18. The van der Waals surface area contributed by atoms with E-state index >= 15 is 0 Å². The van der Waals surface area contributed by atoms with Gasteiger partial charge in [-0.3, -0.25) is 4.79 Å². The molecule has 2 aromatic heterocycles. The molecular formula is C27H26N2O3S3. The lowest BCUT2D eigenvalue weighted by atomic mass is 9.88.